The fourth-order valence-corrected chi connectivity index (χ4v) is 2.66. The van der Waals surface area contributed by atoms with Crippen LogP contribution in [-0.4, -0.2) is 20.6 Å². The molecule has 0 spiro atoms. The molecule has 0 radical (unpaired) electrons. The lowest BCUT2D eigenvalue weighted by Crippen LogP contribution is -2.04. The summed E-state index contributed by atoms with van der Waals surface area (Å²) in [6.45, 7) is 8.62. The molecule has 0 unspecified atom stereocenters. The molecule has 0 atom stereocenters. The van der Waals surface area contributed by atoms with Crippen LogP contribution in [0, 0.1) is 27.7 Å². The molecule has 0 aliphatic carbocycles. The zero-order chi connectivity index (χ0) is 14.9. The minimum atomic E-state index is -0.789. The van der Waals surface area contributed by atoms with Gasteiger partial charge in [0.25, 0.3) is 0 Å². The highest BCUT2D eigenvalue weighted by Crippen LogP contribution is 2.27. The molecule has 4 nitrogen and oxygen atoms in total. The Morgan fingerprint density at radius 1 is 1.20 bits per heavy atom. The van der Waals surface area contributed by atoms with Crippen molar-refractivity contribution in [1.82, 2.24) is 9.55 Å². The second kappa shape index (κ2) is 5.49. The highest BCUT2D eigenvalue weighted by atomic mass is 16.4. The van der Waals surface area contributed by atoms with Crippen LogP contribution in [0.5, 0.6) is 0 Å². The monoisotopic (exact) mass is 272 g/mol. The minimum absolute atomic E-state index is 0.114. The number of aromatic nitrogens is 2. The fourth-order valence-electron chi connectivity index (χ4n) is 2.66. The van der Waals surface area contributed by atoms with Gasteiger partial charge in [-0.1, -0.05) is 17.7 Å². The van der Waals surface area contributed by atoms with Crippen molar-refractivity contribution < 1.29 is 9.90 Å². The van der Waals surface area contributed by atoms with Crippen molar-refractivity contribution in [3.8, 4) is 11.3 Å². The van der Waals surface area contributed by atoms with E-state index in [4.69, 9.17) is 5.11 Å². The third-order valence-corrected chi connectivity index (χ3v) is 3.48. The first-order chi connectivity index (χ1) is 9.38. The van der Waals surface area contributed by atoms with Gasteiger partial charge in [-0.15, -0.1) is 0 Å². The van der Waals surface area contributed by atoms with Crippen molar-refractivity contribution >= 4 is 5.97 Å². The molecule has 2 aromatic rings. The first-order valence-corrected chi connectivity index (χ1v) is 6.72. The Labute approximate surface area is 119 Å². The van der Waals surface area contributed by atoms with Crippen LogP contribution in [0.25, 0.3) is 11.3 Å². The zero-order valence-electron chi connectivity index (χ0n) is 12.4. The van der Waals surface area contributed by atoms with Gasteiger partial charge in [-0.2, -0.15) is 0 Å². The van der Waals surface area contributed by atoms with E-state index in [1.807, 2.05) is 17.7 Å². The predicted molar refractivity (Wildman–Crippen MR) is 78.9 cm³/mol. The number of carboxylic acids is 1. The van der Waals surface area contributed by atoms with Crippen molar-refractivity contribution in [2.75, 3.05) is 0 Å². The van der Waals surface area contributed by atoms with Crippen LogP contribution in [0.1, 0.15) is 28.9 Å². The van der Waals surface area contributed by atoms with Gasteiger partial charge in [-0.05, 0) is 38.8 Å². The SMILES string of the molecule is Cc1cc(C)c(-c2cn(CCC(=O)O)c(C)n2)c(C)c1. The Balaban J connectivity index is 2.39. The Kier molecular flexibility index (Phi) is 3.93. The van der Waals surface area contributed by atoms with E-state index in [1.165, 1.54) is 16.7 Å². The quantitative estimate of drug-likeness (QED) is 0.929. The van der Waals surface area contributed by atoms with Crippen molar-refractivity contribution in [2.45, 2.75) is 40.7 Å². The van der Waals surface area contributed by atoms with Gasteiger partial charge in [-0.3, -0.25) is 4.79 Å². The van der Waals surface area contributed by atoms with Gasteiger partial charge in [0, 0.05) is 18.3 Å². The van der Waals surface area contributed by atoms with Crippen molar-refractivity contribution in [2.24, 2.45) is 0 Å². The van der Waals surface area contributed by atoms with E-state index in [-0.39, 0.29) is 6.42 Å². The maximum absolute atomic E-state index is 10.7. The molecule has 0 saturated heterocycles. The standard InChI is InChI=1S/C16H20N2O2/c1-10-7-11(2)16(12(3)8-10)14-9-18(13(4)17-14)6-5-15(19)20/h7-9H,5-6H2,1-4H3,(H,19,20). The highest BCUT2D eigenvalue weighted by Gasteiger charge is 2.12. The van der Waals surface area contributed by atoms with Gasteiger partial charge in [0.15, 0.2) is 0 Å². The Morgan fingerprint density at radius 2 is 1.80 bits per heavy atom. The number of rotatable bonds is 4. The molecule has 2 rings (SSSR count). The third kappa shape index (κ3) is 2.90. The Hall–Kier alpha value is -2.10. The van der Waals surface area contributed by atoms with Gasteiger partial charge in [0.05, 0.1) is 12.1 Å². The normalized spacial score (nSPS) is 10.8. The largest absolute Gasteiger partial charge is 0.481 e. The number of benzene rings is 1. The summed E-state index contributed by atoms with van der Waals surface area (Å²) in [7, 11) is 0. The van der Waals surface area contributed by atoms with Gasteiger partial charge in [0.1, 0.15) is 5.82 Å². The molecule has 1 aromatic carbocycles. The summed E-state index contributed by atoms with van der Waals surface area (Å²) in [5.74, 6) is 0.0583. The van der Waals surface area contributed by atoms with Gasteiger partial charge >= 0.3 is 5.97 Å². The highest BCUT2D eigenvalue weighted by molar-refractivity contribution is 5.68. The van der Waals surface area contributed by atoms with Gasteiger partial charge in [-0.25, -0.2) is 4.98 Å². The van der Waals surface area contributed by atoms with Crippen LogP contribution in [0.15, 0.2) is 18.3 Å². The van der Waals surface area contributed by atoms with Crippen molar-refractivity contribution in [3.63, 3.8) is 0 Å². The molecule has 1 heterocycles. The first kappa shape index (κ1) is 14.3. The van der Waals surface area contributed by atoms with Crippen LogP contribution in [0.3, 0.4) is 0 Å². The second-order valence-corrected chi connectivity index (χ2v) is 5.28. The molecule has 0 amide bonds. The summed E-state index contributed by atoms with van der Waals surface area (Å²) in [5.41, 5.74) is 5.71. The lowest BCUT2D eigenvalue weighted by atomic mass is 9.98. The van der Waals surface area contributed by atoms with E-state index in [9.17, 15) is 4.79 Å². The van der Waals surface area contributed by atoms with Crippen molar-refractivity contribution in [1.29, 1.82) is 0 Å². The number of carboxylic acid groups (broad SMARTS) is 1. The Bertz CT molecular complexity index is 633. The zero-order valence-corrected chi connectivity index (χ0v) is 12.4. The Morgan fingerprint density at radius 3 is 2.35 bits per heavy atom. The van der Waals surface area contributed by atoms with E-state index in [0.717, 1.165) is 17.1 Å². The molecule has 1 aromatic heterocycles. The summed E-state index contributed by atoms with van der Waals surface area (Å²) in [6.07, 6.45) is 2.06. The molecule has 0 fully saturated rings. The number of hydrogen-bond acceptors (Lipinski definition) is 2. The van der Waals surface area contributed by atoms with Gasteiger partial charge in [0.2, 0.25) is 0 Å². The fraction of sp³-hybridized carbons (Fsp3) is 0.375. The summed E-state index contributed by atoms with van der Waals surface area (Å²) in [6, 6.07) is 4.29. The maximum Gasteiger partial charge on any atom is 0.305 e. The summed E-state index contributed by atoms with van der Waals surface area (Å²) in [5, 5.41) is 8.77. The number of imidazole rings is 1. The van der Waals surface area contributed by atoms with Crippen LogP contribution >= 0.6 is 0 Å². The minimum Gasteiger partial charge on any atom is -0.481 e. The summed E-state index contributed by atoms with van der Waals surface area (Å²) < 4.78 is 1.90. The van der Waals surface area contributed by atoms with Crippen molar-refractivity contribution in [3.05, 3.63) is 40.8 Å². The number of nitrogens with zero attached hydrogens (tertiary/aromatic N) is 2. The lowest BCUT2D eigenvalue weighted by Gasteiger charge is -2.08. The molecule has 1 N–H and O–H groups in total. The van der Waals surface area contributed by atoms with E-state index >= 15 is 0 Å². The molecule has 0 aliphatic rings. The summed E-state index contributed by atoms with van der Waals surface area (Å²) >= 11 is 0. The van der Waals surface area contributed by atoms with E-state index in [2.05, 4.69) is 37.9 Å². The van der Waals surface area contributed by atoms with E-state index < -0.39 is 5.97 Å². The molecule has 0 bridgehead atoms. The first-order valence-electron chi connectivity index (χ1n) is 6.72. The molecular weight excluding hydrogens is 252 g/mol. The maximum atomic E-state index is 10.7. The number of aryl methyl sites for hydroxylation is 5. The average molecular weight is 272 g/mol. The summed E-state index contributed by atoms with van der Waals surface area (Å²) in [4.78, 5) is 15.3. The number of carbonyl (C=O) groups is 1. The molecule has 0 saturated carbocycles. The molecule has 0 aliphatic heterocycles. The van der Waals surface area contributed by atoms with Crippen LogP contribution in [-0.2, 0) is 11.3 Å². The van der Waals surface area contributed by atoms with Crippen LogP contribution in [0.4, 0.5) is 0 Å². The molecule has 4 heteroatoms. The molecule has 20 heavy (non-hydrogen) atoms. The molecule has 106 valence electrons. The van der Waals surface area contributed by atoms with E-state index in [0.29, 0.717) is 6.54 Å². The average Bonchev–Trinajstić information content (AvgIpc) is 2.66. The molecular formula is C16H20N2O2. The predicted octanol–water partition coefficient (Wildman–Crippen LogP) is 3.26. The van der Waals surface area contributed by atoms with Crippen LogP contribution < -0.4 is 0 Å². The topological polar surface area (TPSA) is 55.1 Å². The van der Waals surface area contributed by atoms with Crippen LogP contribution in [0.2, 0.25) is 0 Å². The lowest BCUT2D eigenvalue weighted by molar-refractivity contribution is -0.137. The van der Waals surface area contributed by atoms with Gasteiger partial charge < -0.3 is 9.67 Å². The smallest absolute Gasteiger partial charge is 0.305 e. The number of aliphatic carboxylic acids is 1. The second-order valence-electron chi connectivity index (χ2n) is 5.28. The number of hydrogen-bond donors (Lipinski definition) is 1. The van der Waals surface area contributed by atoms with E-state index in [1.54, 1.807) is 0 Å². The third-order valence-electron chi connectivity index (χ3n) is 3.48.